The number of halogens is 1. The van der Waals surface area contributed by atoms with Crippen LogP contribution in [0.15, 0.2) is 22.7 Å². The van der Waals surface area contributed by atoms with Crippen molar-refractivity contribution in [3.05, 3.63) is 29.0 Å². The summed E-state index contributed by atoms with van der Waals surface area (Å²) in [6, 6.07) is 5.39. The summed E-state index contributed by atoms with van der Waals surface area (Å²) in [6.45, 7) is 0. The number of rotatable bonds is 2. The third kappa shape index (κ3) is 1.90. The SMILES string of the molecule is Nc1cc(-c2nc(C3CC4CCC3C4)no2)ccc1Cl. The van der Waals surface area contributed by atoms with E-state index in [2.05, 4.69) is 10.1 Å². The van der Waals surface area contributed by atoms with E-state index in [0.29, 0.717) is 22.5 Å². The van der Waals surface area contributed by atoms with E-state index in [0.717, 1.165) is 23.2 Å². The van der Waals surface area contributed by atoms with Crippen LogP contribution in [-0.2, 0) is 0 Å². The zero-order valence-electron chi connectivity index (χ0n) is 11.1. The van der Waals surface area contributed by atoms with E-state index in [-0.39, 0.29) is 0 Å². The van der Waals surface area contributed by atoms with E-state index in [4.69, 9.17) is 21.9 Å². The molecule has 104 valence electrons. The summed E-state index contributed by atoms with van der Waals surface area (Å²) in [7, 11) is 0. The highest BCUT2D eigenvalue weighted by atomic mass is 35.5. The molecule has 1 aromatic carbocycles. The van der Waals surface area contributed by atoms with Crippen LogP contribution >= 0.6 is 11.6 Å². The lowest BCUT2D eigenvalue weighted by Gasteiger charge is -2.17. The molecule has 0 saturated heterocycles. The number of anilines is 1. The van der Waals surface area contributed by atoms with Crippen molar-refractivity contribution in [3.8, 4) is 11.5 Å². The van der Waals surface area contributed by atoms with Gasteiger partial charge in [0.1, 0.15) is 0 Å². The normalized spacial score (nSPS) is 28.1. The second-order valence-corrected chi connectivity index (χ2v) is 6.38. The van der Waals surface area contributed by atoms with Gasteiger partial charge in [-0.1, -0.05) is 23.2 Å². The Morgan fingerprint density at radius 3 is 2.85 bits per heavy atom. The predicted octanol–water partition coefficient (Wildman–Crippen LogP) is 3.88. The van der Waals surface area contributed by atoms with Gasteiger partial charge in [0.15, 0.2) is 5.82 Å². The number of nitrogens with zero attached hydrogens (tertiary/aromatic N) is 2. The predicted molar refractivity (Wildman–Crippen MR) is 77.3 cm³/mol. The van der Waals surface area contributed by atoms with Crippen LogP contribution < -0.4 is 5.73 Å². The molecule has 2 aliphatic carbocycles. The van der Waals surface area contributed by atoms with Crippen molar-refractivity contribution in [3.63, 3.8) is 0 Å². The lowest BCUT2D eigenvalue weighted by atomic mass is 9.88. The monoisotopic (exact) mass is 289 g/mol. The number of fused-ring (bicyclic) bond motifs is 2. The lowest BCUT2D eigenvalue weighted by molar-refractivity contribution is 0.372. The molecule has 4 rings (SSSR count). The van der Waals surface area contributed by atoms with Gasteiger partial charge in [-0.15, -0.1) is 0 Å². The Bertz CT molecular complexity index is 654. The van der Waals surface area contributed by atoms with E-state index < -0.39 is 0 Å². The molecule has 0 aliphatic heterocycles. The van der Waals surface area contributed by atoms with Gasteiger partial charge >= 0.3 is 0 Å². The molecule has 5 heteroatoms. The Labute approximate surface area is 122 Å². The average molecular weight is 290 g/mol. The maximum atomic E-state index is 5.93. The van der Waals surface area contributed by atoms with Crippen LogP contribution in [-0.4, -0.2) is 10.1 Å². The Balaban J connectivity index is 1.63. The molecular formula is C15H16ClN3O. The first-order chi connectivity index (χ1) is 9.70. The highest BCUT2D eigenvalue weighted by molar-refractivity contribution is 6.33. The Morgan fingerprint density at radius 1 is 1.25 bits per heavy atom. The zero-order chi connectivity index (χ0) is 13.7. The summed E-state index contributed by atoms with van der Waals surface area (Å²) in [6.07, 6.45) is 5.24. The Kier molecular flexibility index (Phi) is 2.74. The van der Waals surface area contributed by atoms with Crippen molar-refractivity contribution < 1.29 is 4.52 Å². The van der Waals surface area contributed by atoms with E-state index in [9.17, 15) is 0 Å². The molecule has 3 atom stereocenters. The van der Waals surface area contributed by atoms with E-state index in [1.54, 1.807) is 12.1 Å². The molecule has 2 fully saturated rings. The number of hydrogen-bond donors (Lipinski definition) is 1. The van der Waals surface area contributed by atoms with Crippen molar-refractivity contribution in [2.75, 3.05) is 5.73 Å². The third-order valence-electron chi connectivity index (χ3n) is 4.75. The molecule has 0 spiro atoms. The summed E-state index contributed by atoms with van der Waals surface area (Å²) < 4.78 is 5.41. The van der Waals surface area contributed by atoms with Gasteiger partial charge in [0.05, 0.1) is 10.7 Å². The molecule has 2 aliphatic rings. The van der Waals surface area contributed by atoms with E-state index >= 15 is 0 Å². The highest BCUT2D eigenvalue weighted by Crippen LogP contribution is 2.52. The van der Waals surface area contributed by atoms with Crippen LogP contribution in [0.4, 0.5) is 5.69 Å². The fourth-order valence-electron chi connectivity index (χ4n) is 3.74. The van der Waals surface area contributed by atoms with Crippen molar-refractivity contribution in [2.45, 2.75) is 31.6 Å². The minimum atomic E-state index is 0.482. The van der Waals surface area contributed by atoms with Crippen LogP contribution in [0.3, 0.4) is 0 Å². The molecule has 2 saturated carbocycles. The summed E-state index contributed by atoms with van der Waals surface area (Å²) in [5, 5.41) is 4.73. The van der Waals surface area contributed by atoms with Crippen LogP contribution in [0.2, 0.25) is 5.02 Å². The van der Waals surface area contributed by atoms with Crippen molar-refractivity contribution in [1.82, 2.24) is 10.1 Å². The van der Waals surface area contributed by atoms with Crippen molar-refractivity contribution >= 4 is 17.3 Å². The van der Waals surface area contributed by atoms with Gasteiger partial charge in [-0.25, -0.2) is 0 Å². The van der Waals surface area contributed by atoms with Gasteiger partial charge in [0.25, 0.3) is 5.89 Å². The fourth-order valence-corrected chi connectivity index (χ4v) is 3.86. The fraction of sp³-hybridized carbons (Fsp3) is 0.467. The molecule has 4 nitrogen and oxygen atoms in total. The van der Waals surface area contributed by atoms with Gasteiger partial charge in [-0.2, -0.15) is 4.98 Å². The van der Waals surface area contributed by atoms with Gasteiger partial charge in [-0.3, -0.25) is 0 Å². The van der Waals surface area contributed by atoms with Crippen molar-refractivity contribution in [2.24, 2.45) is 11.8 Å². The summed E-state index contributed by atoms with van der Waals surface area (Å²) in [5.74, 6) is 3.50. The minimum Gasteiger partial charge on any atom is -0.398 e. The Morgan fingerprint density at radius 2 is 2.15 bits per heavy atom. The number of nitrogen functional groups attached to an aromatic ring is 1. The molecule has 0 amide bonds. The first-order valence-corrected chi connectivity index (χ1v) is 7.47. The topological polar surface area (TPSA) is 64.9 Å². The molecule has 1 aromatic heterocycles. The maximum Gasteiger partial charge on any atom is 0.258 e. The molecule has 2 bridgehead atoms. The standard InChI is InChI=1S/C15H16ClN3O/c16-12-4-3-10(7-13(12)17)15-18-14(19-20-15)11-6-8-1-2-9(11)5-8/h3-4,7-9,11H,1-2,5-6,17H2. The Hall–Kier alpha value is -1.55. The second kappa shape index (κ2) is 4.48. The number of nitrogens with two attached hydrogens (primary N) is 1. The molecule has 2 N–H and O–H groups in total. The first kappa shape index (κ1) is 12.2. The average Bonchev–Trinajstić information content (AvgIpc) is 3.16. The quantitative estimate of drug-likeness (QED) is 0.852. The molecular weight excluding hydrogens is 274 g/mol. The second-order valence-electron chi connectivity index (χ2n) is 5.98. The number of aromatic nitrogens is 2. The van der Waals surface area contributed by atoms with Crippen LogP contribution in [0.1, 0.15) is 37.4 Å². The van der Waals surface area contributed by atoms with E-state index in [1.807, 2.05) is 6.07 Å². The van der Waals surface area contributed by atoms with Crippen LogP contribution in [0.5, 0.6) is 0 Å². The van der Waals surface area contributed by atoms with Gasteiger partial charge in [-0.05, 0) is 49.3 Å². The lowest BCUT2D eigenvalue weighted by Crippen LogP contribution is -2.09. The number of hydrogen-bond acceptors (Lipinski definition) is 4. The third-order valence-corrected chi connectivity index (χ3v) is 5.10. The highest BCUT2D eigenvalue weighted by Gasteiger charge is 2.42. The number of benzene rings is 1. The molecule has 20 heavy (non-hydrogen) atoms. The molecule has 3 unspecified atom stereocenters. The molecule has 0 radical (unpaired) electrons. The van der Waals surface area contributed by atoms with E-state index in [1.165, 1.54) is 25.7 Å². The van der Waals surface area contributed by atoms with Gasteiger partial charge < -0.3 is 10.3 Å². The zero-order valence-corrected chi connectivity index (χ0v) is 11.8. The van der Waals surface area contributed by atoms with Crippen LogP contribution in [0.25, 0.3) is 11.5 Å². The minimum absolute atomic E-state index is 0.482. The van der Waals surface area contributed by atoms with Gasteiger partial charge in [0, 0.05) is 11.5 Å². The summed E-state index contributed by atoms with van der Waals surface area (Å²) >= 11 is 5.93. The maximum absolute atomic E-state index is 5.93. The summed E-state index contributed by atoms with van der Waals surface area (Å²) in [5.41, 5.74) is 7.17. The van der Waals surface area contributed by atoms with Crippen molar-refractivity contribution in [1.29, 1.82) is 0 Å². The smallest absolute Gasteiger partial charge is 0.258 e. The molecule has 2 aromatic rings. The largest absolute Gasteiger partial charge is 0.398 e. The summed E-state index contributed by atoms with van der Waals surface area (Å²) in [4.78, 5) is 4.58. The molecule has 1 heterocycles. The first-order valence-electron chi connectivity index (χ1n) is 7.09. The van der Waals surface area contributed by atoms with Gasteiger partial charge in [0.2, 0.25) is 0 Å². The van der Waals surface area contributed by atoms with Crippen LogP contribution in [0, 0.1) is 11.8 Å².